The molecule has 0 saturated carbocycles. The van der Waals surface area contributed by atoms with E-state index in [1.165, 1.54) is 11.8 Å². The molecule has 3 N–H and O–H groups in total. The summed E-state index contributed by atoms with van der Waals surface area (Å²) in [6, 6.07) is 29.6. The first kappa shape index (κ1) is 29.4. The van der Waals surface area contributed by atoms with Gasteiger partial charge in [0.25, 0.3) is 11.8 Å². The highest BCUT2D eigenvalue weighted by atomic mass is 32.2. The van der Waals surface area contributed by atoms with Crippen LogP contribution in [0.5, 0.6) is 0 Å². The maximum atomic E-state index is 13.3. The second-order valence-corrected chi connectivity index (χ2v) is 11.2. The van der Waals surface area contributed by atoms with E-state index in [-0.39, 0.29) is 22.8 Å². The molecule has 0 bridgehead atoms. The van der Waals surface area contributed by atoms with Crippen LogP contribution < -0.4 is 16.0 Å². The van der Waals surface area contributed by atoms with Gasteiger partial charge in [0.1, 0.15) is 5.70 Å². The number of para-hydroxylation sites is 1. The van der Waals surface area contributed by atoms with E-state index in [9.17, 15) is 14.4 Å². The Bertz CT molecular complexity index is 1540. The first-order chi connectivity index (χ1) is 19.7. The summed E-state index contributed by atoms with van der Waals surface area (Å²) in [5.74, 6) is -0.902. The third kappa shape index (κ3) is 8.19. The minimum atomic E-state index is -0.448. The van der Waals surface area contributed by atoms with Crippen LogP contribution in [0.1, 0.15) is 39.5 Å². The first-order valence-electron chi connectivity index (χ1n) is 13.3. The second kappa shape index (κ2) is 13.6. The lowest BCUT2D eigenvalue weighted by Gasteiger charge is -2.16. The molecule has 0 fully saturated rings. The maximum absolute atomic E-state index is 13.3. The number of amides is 3. The van der Waals surface area contributed by atoms with Crippen LogP contribution in [0.2, 0.25) is 0 Å². The van der Waals surface area contributed by atoms with Gasteiger partial charge in [0.15, 0.2) is 0 Å². The van der Waals surface area contributed by atoms with E-state index in [0.717, 1.165) is 32.8 Å². The Labute approximate surface area is 245 Å². The van der Waals surface area contributed by atoms with E-state index in [4.69, 9.17) is 0 Å². The standard InChI is InChI=1S/C34H33N3O3S/c1-22-13-15-26(16-14-22)21-30(36-33(39)27-11-6-5-7-12-27)34(40)35-28-17-19-29(20-18-28)41-25(4)32(38)37-31-23(2)9-8-10-24(31)3/h5-21,25H,1-4H3,(H,35,40)(H,36,39)(H,37,38)/b30-21-. The Morgan fingerprint density at radius 3 is 2.00 bits per heavy atom. The molecule has 208 valence electrons. The van der Waals surface area contributed by atoms with Crippen molar-refractivity contribution in [3.63, 3.8) is 0 Å². The number of rotatable bonds is 9. The lowest BCUT2D eigenvalue weighted by atomic mass is 10.1. The minimum Gasteiger partial charge on any atom is -0.325 e. The number of benzene rings is 4. The summed E-state index contributed by atoms with van der Waals surface area (Å²) in [6.07, 6.45) is 1.65. The zero-order valence-electron chi connectivity index (χ0n) is 23.5. The topological polar surface area (TPSA) is 87.3 Å². The van der Waals surface area contributed by atoms with Crippen molar-refractivity contribution < 1.29 is 14.4 Å². The highest BCUT2D eigenvalue weighted by Gasteiger charge is 2.18. The van der Waals surface area contributed by atoms with E-state index in [2.05, 4.69) is 16.0 Å². The van der Waals surface area contributed by atoms with Gasteiger partial charge < -0.3 is 16.0 Å². The molecule has 4 rings (SSSR count). The van der Waals surface area contributed by atoms with Crippen molar-refractivity contribution >= 4 is 46.9 Å². The van der Waals surface area contributed by atoms with Crippen LogP contribution in [0.4, 0.5) is 11.4 Å². The van der Waals surface area contributed by atoms with Gasteiger partial charge in [0, 0.05) is 21.8 Å². The van der Waals surface area contributed by atoms with Gasteiger partial charge in [-0.3, -0.25) is 14.4 Å². The third-order valence-corrected chi connectivity index (χ3v) is 7.55. The number of carbonyl (C=O) groups excluding carboxylic acids is 3. The Kier molecular flexibility index (Phi) is 9.77. The maximum Gasteiger partial charge on any atom is 0.272 e. The van der Waals surface area contributed by atoms with Crippen molar-refractivity contribution in [3.8, 4) is 0 Å². The van der Waals surface area contributed by atoms with Crippen LogP contribution in [0.25, 0.3) is 6.08 Å². The number of anilines is 2. The fourth-order valence-corrected chi connectivity index (χ4v) is 4.95. The van der Waals surface area contributed by atoms with Crippen LogP contribution in [0, 0.1) is 20.8 Å². The largest absolute Gasteiger partial charge is 0.325 e. The van der Waals surface area contributed by atoms with Crippen LogP contribution in [0.15, 0.2) is 108 Å². The zero-order valence-corrected chi connectivity index (χ0v) is 24.3. The smallest absolute Gasteiger partial charge is 0.272 e. The molecule has 4 aromatic carbocycles. The van der Waals surface area contributed by atoms with E-state index in [1.54, 1.807) is 42.5 Å². The zero-order chi connectivity index (χ0) is 29.4. The Balaban J connectivity index is 1.43. The van der Waals surface area contributed by atoms with Crippen LogP contribution in [-0.4, -0.2) is 23.0 Å². The molecule has 6 nitrogen and oxygen atoms in total. The molecule has 7 heteroatoms. The molecule has 41 heavy (non-hydrogen) atoms. The quantitative estimate of drug-likeness (QED) is 0.149. The van der Waals surface area contributed by atoms with Gasteiger partial charge in [0.05, 0.1) is 5.25 Å². The number of hydrogen-bond acceptors (Lipinski definition) is 4. The van der Waals surface area contributed by atoms with Gasteiger partial charge in [-0.2, -0.15) is 0 Å². The van der Waals surface area contributed by atoms with Gasteiger partial charge in [-0.15, -0.1) is 11.8 Å². The molecule has 0 aliphatic carbocycles. The van der Waals surface area contributed by atoms with Crippen LogP contribution >= 0.6 is 11.8 Å². The van der Waals surface area contributed by atoms with Crippen molar-refractivity contribution in [2.24, 2.45) is 0 Å². The molecule has 0 saturated heterocycles. The fourth-order valence-electron chi connectivity index (χ4n) is 4.08. The Morgan fingerprint density at radius 1 is 0.732 bits per heavy atom. The summed E-state index contributed by atoms with van der Waals surface area (Å²) in [4.78, 5) is 39.8. The number of nitrogens with one attached hydrogen (secondary N) is 3. The molecular weight excluding hydrogens is 530 g/mol. The highest BCUT2D eigenvalue weighted by Crippen LogP contribution is 2.27. The average Bonchev–Trinajstić information content (AvgIpc) is 2.97. The third-order valence-electron chi connectivity index (χ3n) is 6.44. The second-order valence-electron chi connectivity index (χ2n) is 9.78. The normalized spacial score (nSPS) is 11.9. The van der Waals surface area contributed by atoms with Gasteiger partial charge in [-0.05, 0) is 86.9 Å². The van der Waals surface area contributed by atoms with E-state index in [0.29, 0.717) is 11.3 Å². The average molecular weight is 564 g/mol. The lowest BCUT2D eigenvalue weighted by molar-refractivity contribution is -0.115. The highest BCUT2D eigenvalue weighted by molar-refractivity contribution is 8.00. The predicted octanol–water partition coefficient (Wildman–Crippen LogP) is 7.14. The summed E-state index contributed by atoms with van der Waals surface area (Å²) in [5, 5.41) is 8.34. The number of hydrogen-bond donors (Lipinski definition) is 3. The fraction of sp³-hybridized carbons (Fsp3) is 0.147. The van der Waals surface area contributed by atoms with Crippen molar-refractivity contribution in [3.05, 3.63) is 131 Å². The first-order valence-corrected chi connectivity index (χ1v) is 14.2. The van der Waals surface area contributed by atoms with Crippen molar-refractivity contribution in [1.82, 2.24) is 5.32 Å². The Morgan fingerprint density at radius 2 is 1.37 bits per heavy atom. The van der Waals surface area contributed by atoms with Gasteiger partial charge in [-0.25, -0.2) is 0 Å². The molecule has 0 aromatic heterocycles. The van der Waals surface area contributed by atoms with Crippen molar-refractivity contribution in [2.45, 2.75) is 37.8 Å². The molecule has 0 aliphatic heterocycles. The van der Waals surface area contributed by atoms with E-state index in [1.807, 2.05) is 88.4 Å². The summed E-state index contributed by atoms with van der Waals surface area (Å²) in [6.45, 7) is 7.79. The molecule has 0 radical (unpaired) electrons. The molecule has 0 spiro atoms. The van der Waals surface area contributed by atoms with E-state index < -0.39 is 5.91 Å². The van der Waals surface area contributed by atoms with Crippen LogP contribution in [0.3, 0.4) is 0 Å². The molecule has 3 amide bonds. The monoisotopic (exact) mass is 563 g/mol. The lowest BCUT2D eigenvalue weighted by Crippen LogP contribution is -2.30. The number of thioether (sulfide) groups is 1. The summed E-state index contributed by atoms with van der Waals surface area (Å²) in [5.41, 5.74) is 5.90. The molecule has 0 aliphatic rings. The van der Waals surface area contributed by atoms with Crippen molar-refractivity contribution in [2.75, 3.05) is 10.6 Å². The predicted molar refractivity (Wildman–Crippen MR) is 168 cm³/mol. The summed E-state index contributed by atoms with van der Waals surface area (Å²) in [7, 11) is 0. The van der Waals surface area contributed by atoms with Gasteiger partial charge in [-0.1, -0.05) is 66.2 Å². The van der Waals surface area contributed by atoms with Crippen LogP contribution in [-0.2, 0) is 9.59 Å². The van der Waals surface area contributed by atoms with Gasteiger partial charge in [0.2, 0.25) is 5.91 Å². The molecule has 1 unspecified atom stereocenters. The summed E-state index contributed by atoms with van der Waals surface area (Å²) >= 11 is 1.43. The molecular formula is C34H33N3O3S. The minimum absolute atomic E-state index is 0.0789. The molecule has 0 heterocycles. The van der Waals surface area contributed by atoms with Crippen molar-refractivity contribution in [1.29, 1.82) is 0 Å². The van der Waals surface area contributed by atoms with E-state index >= 15 is 0 Å². The SMILES string of the molecule is Cc1ccc(/C=C(\NC(=O)c2ccccc2)C(=O)Nc2ccc(SC(C)C(=O)Nc3c(C)cccc3C)cc2)cc1. The molecule has 1 atom stereocenters. The summed E-state index contributed by atoms with van der Waals surface area (Å²) < 4.78 is 0. The molecule has 4 aromatic rings. The number of aryl methyl sites for hydroxylation is 3. The van der Waals surface area contributed by atoms with Gasteiger partial charge >= 0.3 is 0 Å². The Hall–Kier alpha value is -4.62. The number of carbonyl (C=O) groups is 3.